The molecule has 28 heavy (non-hydrogen) atoms. The van der Waals surface area contributed by atoms with Gasteiger partial charge in [0, 0.05) is 19.2 Å². The molecule has 0 radical (unpaired) electrons. The third kappa shape index (κ3) is 4.56. The molecule has 0 atom stereocenters. The van der Waals surface area contributed by atoms with Crippen LogP contribution >= 0.6 is 11.6 Å². The van der Waals surface area contributed by atoms with Crippen molar-refractivity contribution in [3.8, 4) is 0 Å². The van der Waals surface area contributed by atoms with E-state index in [0.717, 1.165) is 5.69 Å². The number of rotatable bonds is 6. The third-order valence-electron chi connectivity index (χ3n) is 4.23. The molecule has 0 bridgehead atoms. The zero-order valence-corrected chi connectivity index (χ0v) is 18.6. The van der Waals surface area contributed by atoms with E-state index in [1.807, 2.05) is 27.7 Å². The molecule has 7 nitrogen and oxygen atoms in total. The highest BCUT2D eigenvalue weighted by Crippen LogP contribution is 2.26. The van der Waals surface area contributed by atoms with E-state index in [1.165, 1.54) is 22.5 Å². The van der Waals surface area contributed by atoms with Gasteiger partial charge >= 0.3 is 0 Å². The average Bonchev–Trinajstić information content (AvgIpc) is 2.96. The normalized spacial score (nSPS) is 12.4. The van der Waals surface area contributed by atoms with Crippen molar-refractivity contribution in [1.29, 1.82) is 0 Å². The van der Waals surface area contributed by atoms with Crippen molar-refractivity contribution in [3.63, 3.8) is 0 Å². The monoisotopic (exact) mass is 426 g/mol. The molecule has 2 rings (SSSR count). The predicted octanol–water partition coefficient (Wildman–Crippen LogP) is 3.88. The van der Waals surface area contributed by atoms with Crippen LogP contribution in [0, 0.1) is 6.92 Å². The lowest BCUT2D eigenvalue weighted by atomic mass is 10.1. The van der Waals surface area contributed by atoms with E-state index < -0.39 is 15.9 Å². The molecule has 9 heteroatoms. The van der Waals surface area contributed by atoms with Gasteiger partial charge in [-0.05, 0) is 45.9 Å². The van der Waals surface area contributed by atoms with Crippen molar-refractivity contribution in [1.82, 2.24) is 14.1 Å². The molecule has 1 aromatic carbocycles. The van der Waals surface area contributed by atoms with Gasteiger partial charge < -0.3 is 5.32 Å². The molecule has 1 aromatic heterocycles. The van der Waals surface area contributed by atoms with Crippen LogP contribution in [0.5, 0.6) is 0 Å². The lowest BCUT2D eigenvalue weighted by Crippen LogP contribution is -2.31. The van der Waals surface area contributed by atoms with Gasteiger partial charge in [0.2, 0.25) is 10.0 Å². The Balaban J connectivity index is 2.43. The fourth-order valence-electron chi connectivity index (χ4n) is 2.83. The van der Waals surface area contributed by atoms with Crippen molar-refractivity contribution in [3.05, 3.63) is 40.5 Å². The van der Waals surface area contributed by atoms with Crippen molar-refractivity contribution in [2.45, 2.75) is 52.0 Å². The van der Waals surface area contributed by atoms with Gasteiger partial charge in [0.1, 0.15) is 5.82 Å². The van der Waals surface area contributed by atoms with E-state index in [1.54, 1.807) is 24.6 Å². The maximum Gasteiger partial charge on any atom is 0.258 e. The first-order valence-corrected chi connectivity index (χ1v) is 10.9. The van der Waals surface area contributed by atoms with Crippen LogP contribution < -0.4 is 5.32 Å². The van der Waals surface area contributed by atoms with E-state index in [4.69, 9.17) is 11.6 Å². The number of hydrogen-bond acceptors (Lipinski definition) is 4. The Hall–Kier alpha value is -1.90. The van der Waals surface area contributed by atoms with E-state index in [9.17, 15) is 13.2 Å². The van der Waals surface area contributed by atoms with E-state index in [2.05, 4.69) is 10.4 Å². The van der Waals surface area contributed by atoms with Crippen molar-refractivity contribution < 1.29 is 13.2 Å². The van der Waals surface area contributed by atoms with Gasteiger partial charge in [-0.3, -0.25) is 4.79 Å². The Bertz CT molecular complexity index is 974. The lowest BCUT2D eigenvalue weighted by Gasteiger charge is -2.22. The topological polar surface area (TPSA) is 84.3 Å². The molecular weight excluding hydrogens is 400 g/mol. The zero-order valence-electron chi connectivity index (χ0n) is 17.1. The number of anilines is 1. The number of aromatic nitrogens is 2. The van der Waals surface area contributed by atoms with Gasteiger partial charge in [0.15, 0.2) is 0 Å². The van der Waals surface area contributed by atoms with Gasteiger partial charge in [-0.1, -0.05) is 25.4 Å². The number of carbonyl (C=O) groups excluding carboxylic acids is 1. The smallest absolute Gasteiger partial charge is 0.258 e. The first-order valence-electron chi connectivity index (χ1n) is 9.10. The van der Waals surface area contributed by atoms with Crippen LogP contribution in [-0.4, -0.2) is 41.5 Å². The van der Waals surface area contributed by atoms with Gasteiger partial charge in [-0.15, -0.1) is 0 Å². The van der Waals surface area contributed by atoms with Crippen molar-refractivity contribution in [2.75, 3.05) is 18.4 Å². The second kappa shape index (κ2) is 8.23. The molecule has 1 N–H and O–H groups in total. The minimum Gasteiger partial charge on any atom is -0.307 e. The largest absolute Gasteiger partial charge is 0.307 e. The molecule has 1 amide bonds. The molecule has 0 aliphatic heterocycles. The summed E-state index contributed by atoms with van der Waals surface area (Å²) in [6, 6.07) is 5.92. The fraction of sp³-hybridized carbons (Fsp3) is 0.474. The molecule has 2 aromatic rings. The molecule has 154 valence electrons. The minimum absolute atomic E-state index is 0.0336. The van der Waals surface area contributed by atoms with Crippen molar-refractivity contribution in [2.24, 2.45) is 0 Å². The predicted molar refractivity (Wildman–Crippen MR) is 111 cm³/mol. The number of amides is 1. The summed E-state index contributed by atoms with van der Waals surface area (Å²) in [5.41, 5.74) is 0.512. The molecule has 0 aliphatic rings. The molecule has 1 heterocycles. The summed E-state index contributed by atoms with van der Waals surface area (Å²) in [7, 11) is -3.70. The van der Waals surface area contributed by atoms with Crippen LogP contribution in [0.2, 0.25) is 5.02 Å². The summed E-state index contributed by atoms with van der Waals surface area (Å²) in [6.07, 6.45) is 0. The van der Waals surface area contributed by atoms with Crippen LogP contribution in [0.3, 0.4) is 0 Å². The number of benzene rings is 1. The molecule has 0 aliphatic carbocycles. The van der Waals surface area contributed by atoms with E-state index in [0.29, 0.717) is 18.9 Å². The fourth-order valence-corrected chi connectivity index (χ4v) is 4.52. The van der Waals surface area contributed by atoms with E-state index >= 15 is 0 Å². The standard InChI is InChI=1S/C19H27ClN4O3S/c1-7-23(8-2)28(26,27)14-9-10-16(20)15(12-14)18(25)21-17-11-13(3)22-24(17)19(4,5)6/h9-12H,7-8H2,1-6H3,(H,21,25). The maximum atomic E-state index is 12.9. The van der Waals surface area contributed by atoms with Crippen LogP contribution in [0.15, 0.2) is 29.2 Å². The number of hydrogen-bond donors (Lipinski definition) is 1. The molecule has 0 fully saturated rings. The van der Waals surface area contributed by atoms with Gasteiger partial charge in [0.25, 0.3) is 5.91 Å². The van der Waals surface area contributed by atoms with Gasteiger partial charge in [-0.2, -0.15) is 9.40 Å². The van der Waals surface area contributed by atoms with Crippen LogP contribution in [0.1, 0.15) is 50.7 Å². The van der Waals surface area contributed by atoms with E-state index in [-0.39, 0.29) is 21.0 Å². The molecule has 0 saturated heterocycles. The SMILES string of the molecule is CCN(CC)S(=O)(=O)c1ccc(Cl)c(C(=O)Nc2cc(C)nn2C(C)(C)C)c1. The first-order chi connectivity index (χ1) is 12.9. The lowest BCUT2D eigenvalue weighted by molar-refractivity contribution is 0.102. The Labute approximate surface area is 171 Å². The quantitative estimate of drug-likeness (QED) is 0.759. The maximum absolute atomic E-state index is 12.9. The minimum atomic E-state index is -3.70. The highest BCUT2D eigenvalue weighted by molar-refractivity contribution is 7.89. The summed E-state index contributed by atoms with van der Waals surface area (Å²) in [5.74, 6) is 0.0232. The second-order valence-electron chi connectivity index (χ2n) is 7.44. The van der Waals surface area contributed by atoms with Gasteiger partial charge in [0.05, 0.1) is 26.7 Å². The van der Waals surface area contributed by atoms with Crippen LogP contribution in [0.25, 0.3) is 0 Å². The molecule has 0 spiro atoms. The number of nitrogens with one attached hydrogen (secondary N) is 1. The summed E-state index contributed by atoms with van der Waals surface area (Å²) in [4.78, 5) is 12.9. The molecular formula is C19H27ClN4O3S. The summed E-state index contributed by atoms with van der Waals surface area (Å²) in [6.45, 7) is 12.0. The number of carbonyl (C=O) groups is 1. The van der Waals surface area contributed by atoms with Gasteiger partial charge in [-0.25, -0.2) is 13.1 Å². The first kappa shape index (κ1) is 22.4. The third-order valence-corrected chi connectivity index (χ3v) is 6.61. The Kier molecular flexibility index (Phi) is 6.58. The summed E-state index contributed by atoms with van der Waals surface area (Å²) in [5, 5.41) is 7.39. The molecule has 0 saturated carbocycles. The highest BCUT2D eigenvalue weighted by atomic mass is 35.5. The highest BCUT2D eigenvalue weighted by Gasteiger charge is 2.25. The summed E-state index contributed by atoms with van der Waals surface area (Å²) < 4.78 is 28.6. The second-order valence-corrected chi connectivity index (χ2v) is 9.78. The Morgan fingerprint density at radius 3 is 2.36 bits per heavy atom. The number of halogens is 1. The molecule has 0 unspecified atom stereocenters. The summed E-state index contributed by atoms with van der Waals surface area (Å²) >= 11 is 6.20. The average molecular weight is 427 g/mol. The van der Waals surface area contributed by atoms with Crippen molar-refractivity contribution >= 4 is 33.3 Å². The number of nitrogens with zero attached hydrogens (tertiary/aromatic N) is 3. The zero-order chi connectivity index (χ0) is 21.3. The Morgan fingerprint density at radius 2 is 1.82 bits per heavy atom. The number of sulfonamides is 1. The Morgan fingerprint density at radius 1 is 1.21 bits per heavy atom. The van der Waals surface area contributed by atoms with Crippen LogP contribution in [-0.2, 0) is 15.6 Å². The van der Waals surface area contributed by atoms with Crippen LogP contribution in [0.4, 0.5) is 5.82 Å². The number of aryl methyl sites for hydroxylation is 1.